The monoisotopic (exact) mass is 340 g/mol. The van der Waals surface area contributed by atoms with E-state index in [2.05, 4.69) is 13.0 Å². The van der Waals surface area contributed by atoms with Crippen LogP contribution in [0.2, 0.25) is 0 Å². The zero-order valence-corrected chi connectivity index (χ0v) is 15.1. The van der Waals surface area contributed by atoms with Crippen LogP contribution in [0, 0.1) is 6.92 Å². The number of ether oxygens (including phenoxy) is 3. The van der Waals surface area contributed by atoms with Gasteiger partial charge in [0.15, 0.2) is 11.5 Å². The van der Waals surface area contributed by atoms with Gasteiger partial charge in [-0.2, -0.15) is 0 Å². The fourth-order valence-corrected chi connectivity index (χ4v) is 2.27. The standard InChI is InChI=1S/C21H24O4/c1-15(2)25-21(22)12-10-17-9-11-19(20(13-17)23-4)24-14-18-8-6-5-7-16(18)3/h5-13,15H,14H2,1-4H3/b12-10+. The van der Waals surface area contributed by atoms with Gasteiger partial charge in [-0.3, -0.25) is 0 Å². The van der Waals surface area contributed by atoms with E-state index in [9.17, 15) is 4.79 Å². The number of esters is 1. The average molecular weight is 340 g/mol. The second-order valence-electron chi connectivity index (χ2n) is 5.94. The van der Waals surface area contributed by atoms with Crippen LogP contribution < -0.4 is 9.47 Å². The van der Waals surface area contributed by atoms with E-state index in [1.54, 1.807) is 13.2 Å². The van der Waals surface area contributed by atoms with Gasteiger partial charge in [0.25, 0.3) is 0 Å². The molecule has 0 saturated heterocycles. The lowest BCUT2D eigenvalue weighted by molar-refractivity contribution is -0.141. The van der Waals surface area contributed by atoms with E-state index in [-0.39, 0.29) is 12.1 Å². The minimum Gasteiger partial charge on any atom is -0.493 e. The predicted octanol–water partition coefficient (Wildman–Crippen LogP) is 4.55. The van der Waals surface area contributed by atoms with Gasteiger partial charge in [0.05, 0.1) is 13.2 Å². The molecule has 0 amide bonds. The fraction of sp³-hybridized carbons (Fsp3) is 0.286. The van der Waals surface area contributed by atoms with Crippen LogP contribution in [-0.2, 0) is 16.1 Å². The number of hydrogen-bond acceptors (Lipinski definition) is 4. The molecule has 0 bridgehead atoms. The highest BCUT2D eigenvalue weighted by molar-refractivity contribution is 5.87. The molecule has 132 valence electrons. The van der Waals surface area contributed by atoms with Crippen LogP contribution in [0.25, 0.3) is 6.08 Å². The molecule has 4 nitrogen and oxygen atoms in total. The first kappa shape index (κ1) is 18.6. The summed E-state index contributed by atoms with van der Waals surface area (Å²) >= 11 is 0. The maximum absolute atomic E-state index is 11.6. The zero-order valence-electron chi connectivity index (χ0n) is 15.1. The van der Waals surface area contributed by atoms with Gasteiger partial charge in [-0.25, -0.2) is 4.79 Å². The highest BCUT2D eigenvalue weighted by atomic mass is 16.5. The third kappa shape index (κ3) is 5.68. The molecule has 0 aromatic heterocycles. The Labute approximate surface area is 149 Å². The van der Waals surface area contributed by atoms with Gasteiger partial charge in [-0.05, 0) is 55.7 Å². The van der Waals surface area contributed by atoms with Crippen molar-refractivity contribution in [1.29, 1.82) is 0 Å². The van der Waals surface area contributed by atoms with Gasteiger partial charge in [-0.15, -0.1) is 0 Å². The second-order valence-corrected chi connectivity index (χ2v) is 5.94. The Morgan fingerprint density at radius 3 is 2.56 bits per heavy atom. The molecule has 0 saturated carbocycles. The molecule has 0 radical (unpaired) electrons. The summed E-state index contributed by atoms with van der Waals surface area (Å²) in [7, 11) is 1.59. The summed E-state index contributed by atoms with van der Waals surface area (Å²) in [6.07, 6.45) is 2.96. The van der Waals surface area contributed by atoms with E-state index in [1.807, 2.05) is 50.2 Å². The third-order valence-electron chi connectivity index (χ3n) is 3.60. The molecule has 0 spiro atoms. The predicted molar refractivity (Wildman–Crippen MR) is 98.8 cm³/mol. The first-order valence-electron chi connectivity index (χ1n) is 8.23. The van der Waals surface area contributed by atoms with Crippen molar-refractivity contribution in [3.63, 3.8) is 0 Å². The van der Waals surface area contributed by atoms with Crippen molar-refractivity contribution in [2.75, 3.05) is 7.11 Å². The number of carbonyl (C=O) groups excluding carboxylic acids is 1. The minimum atomic E-state index is -0.367. The molecule has 0 N–H and O–H groups in total. The second kappa shape index (κ2) is 8.92. The Morgan fingerprint density at radius 2 is 1.88 bits per heavy atom. The molecule has 0 aliphatic rings. The van der Waals surface area contributed by atoms with Crippen molar-refractivity contribution < 1.29 is 19.0 Å². The molecular weight excluding hydrogens is 316 g/mol. The molecule has 2 aromatic rings. The van der Waals surface area contributed by atoms with E-state index in [0.717, 1.165) is 11.1 Å². The molecule has 0 unspecified atom stereocenters. The van der Waals surface area contributed by atoms with Crippen LogP contribution >= 0.6 is 0 Å². The van der Waals surface area contributed by atoms with Crippen molar-refractivity contribution in [2.24, 2.45) is 0 Å². The smallest absolute Gasteiger partial charge is 0.331 e. The Balaban J connectivity index is 2.07. The third-order valence-corrected chi connectivity index (χ3v) is 3.60. The Bertz CT molecular complexity index is 747. The van der Waals surface area contributed by atoms with Crippen molar-refractivity contribution in [1.82, 2.24) is 0 Å². The lowest BCUT2D eigenvalue weighted by Gasteiger charge is -2.12. The summed E-state index contributed by atoms with van der Waals surface area (Å²) in [5.41, 5.74) is 3.15. The quantitative estimate of drug-likeness (QED) is 0.548. The number of carbonyl (C=O) groups is 1. The topological polar surface area (TPSA) is 44.8 Å². The van der Waals surface area contributed by atoms with Crippen LogP contribution in [0.5, 0.6) is 11.5 Å². The number of benzene rings is 2. The summed E-state index contributed by atoms with van der Waals surface area (Å²) < 4.78 is 16.4. The van der Waals surface area contributed by atoms with E-state index in [4.69, 9.17) is 14.2 Å². The molecule has 2 rings (SSSR count). The van der Waals surface area contributed by atoms with Gasteiger partial charge in [0.2, 0.25) is 0 Å². The molecule has 0 atom stereocenters. The summed E-state index contributed by atoms with van der Waals surface area (Å²) in [6.45, 7) is 6.16. The average Bonchev–Trinajstić information content (AvgIpc) is 2.59. The minimum absolute atomic E-state index is 0.135. The van der Waals surface area contributed by atoms with E-state index < -0.39 is 0 Å². The summed E-state index contributed by atoms with van der Waals surface area (Å²) in [4.78, 5) is 11.6. The van der Waals surface area contributed by atoms with Crippen LogP contribution in [0.4, 0.5) is 0 Å². The lowest BCUT2D eigenvalue weighted by Crippen LogP contribution is -2.08. The highest BCUT2D eigenvalue weighted by Crippen LogP contribution is 2.29. The SMILES string of the molecule is COc1cc(/C=C/C(=O)OC(C)C)ccc1OCc1ccccc1C. The summed E-state index contributed by atoms with van der Waals surface area (Å²) in [6, 6.07) is 13.6. The number of hydrogen-bond donors (Lipinski definition) is 0. The Morgan fingerprint density at radius 1 is 1.12 bits per heavy atom. The normalized spacial score (nSPS) is 10.9. The van der Waals surface area contributed by atoms with E-state index >= 15 is 0 Å². The summed E-state index contributed by atoms with van der Waals surface area (Å²) in [5, 5.41) is 0. The Kier molecular flexibility index (Phi) is 6.63. The van der Waals surface area contributed by atoms with Crippen LogP contribution in [0.3, 0.4) is 0 Å². The van der Waals surface area contributed by atoms with Gasteiger partial charge < -0.3 is 14.2 Å². The van der Waals surface area contributed by atoms with Crippen molar-refractivity contribution in [2.45, 2.75) is 33.5 Å². The number of rotatable bonds is 7. The van der Waals surface area contributed by atoms with E-state index in [0.29, 0.717) is 18.1 Å². The van der Waals surface area contributed by atoms with Gasteiger partial charge in [0.1, 0.15) is 6.61 Å². The van der Waals surface area contributed by atoms with E-state index in [1.165, 1.54) is 11.6 Å². The largest absolute Gasteiger partial charge is 0.493 e. The molecular formula is C21H24O4. The molecule has 25 heavy (non-hydrogen) atoms. The number of methoxy groups -OCH3 is 1. The molecule has 0 heterocycles. The van der Waals surface area contributed by atoms with Crippen LogP contribution in [0.1, 0.15) is 30.5 Å². The Hall–Kier alpha value is -2.75. The first-order chi connectivity index (χ1) is 12.0. The first-order valence-corrected chi connectivity index (χ1v) is 8.23. The molecule has 0 aliphatic heterocycles. The van der Waals surface area contributed by atoms with Gasteiger partial charge in [0, 0.05) is 6.08 Å². The molecule has 2 aromatic carbocycles. The number of aryl methyl sites for hydroxylation is 1. The van der Waals surface area contributed by atoms with Gasteiger partial charge in [-0.1, -0.05) is 30.3 Å². The molecule has 0 fully saturated rings. The maximum atomic E-state index is 11.6. The maximum Gasteiger partial charge on any atom is 0.331 e. The zero-order chi connectivity index (χ0) is 18.2. The van der Waals surface area contributed by atoms with Gasteiger partial charge >= 0.3 is 5.97 Å². The van der Waals surface area contributed by atoms with Crippen LogP contribution in [0.15, 0.2) is 48.5 Å². The van der Waals surface area contributed by atoms with Crippen LogP contribution in [-0.4, -0.2) is 19.2 Å². The molecule has 0 aliphatic carbocycles. The van der Waals surface area contributed by atoms with Crippen molar-refractivity contribution in [3.8, 4) is 11.5 Å². The van der Waals surface area contributed by atoms with Crippen molar-refractivity contribution >= 4 is 12.0 Å². The lowest BCUT2D eigenvalue weighted by atomic mass is 10.1. The summed E-state index contributed by atoms with van der Waals surface area (Å²) in [5.74, 6) is 0.912. The highest BCUT2D eigenvalue weighted by Gasteiger charge is 2.07. The molecule has 4 heteroatoms. The van der Waals surface area contributed by atoms with Crippen molar-refractivity contribution in [3.05, 3.63) is 65.2 Å². The fourth-order valence-electron chi connectivity index (χ4n) is 2.27.